The van der Waals surface area contributed by atoms with Gasteiger partial charge in [-0.1, -0.05) is 13.8 Å². The normalized spacial score (nSPS) is 16.0. The predicted octanol–water partition coefficient (Wildman–Crippen LogP) is 2.18. The van der Waals surface area contributed by atoms with Gasteiger partial charge in [0, 0.05) is 18.2 Å². The summed E-state index contributed by atoms with van der Waals surface area (Å²) in [7, 11) is 0. The maximum Gasteiger partial charge on any atom is 0.214 e. The van der Waals surface area contributed by atoms with Crippen LogP contribution >= 0.6 is 24.8 Å². The summed E-state index contributed by atoms with van der Waals surface area (Å²) in [5.41, 5.74) is 1.95. The Balaban J connectivity index is 0.000000980. The third-order valence-corrected chi connectivity index (χ3v) is 2.43. The molecule has 1 amide bonds. The summed E-state index contributed by atoms with van der Waals surface area (Å²) in [6.07, 6.45) is 2.64. The number of hydrogen-bond acceptors (Lipinski definition) is 2. The van der Waals surface area contributed by atoms with Gasteiger partial charge in [0.15, 0.2) is 0 Å². The van der Waals surface area contributed by atoms with Gasteiger partial charge in [-0.3, -0.25) is 9.78 Å². The third-order valence-electron chi connectivity index (χ3n) is 2.43. The van der Waals surface area contributed by atoms with E-state index in [2.05, 4.69) is 18.8 Å². The van der Waals surface area contributed by atoms with Crippen molar-refractivity contribution in [2.75, 3.05) is 11.4 Å². The van der Waals surface area contributed by atoms with E-state index in [1.54, 1.807) is 11.1 Å². The lowest BCUT2D eigenvalue weighted by Crippen LogP contribution is -2.27. The molecule has 1 aliphatic heterocycles. The average Bonchev–Trinajstić information content (AvgIpc) is 2.39. The van der Waals surface area contributed by atoms with Crippen molar-refractivity contribution in [3.63, 3.8) is 0 Å². The monoisotopic (exact) mass is 248 g/mol. The molecule has 3 nitrogen and oxygen atoms in total. The molecule has 2 heterocycles. The number of anilines is 1. The van der Waals surface area contributed by atoms with Crippen molar-refractivity contribution < 1.29 is 4.79 Å². The minimum Gasteiger partial charge on any atom is -0.312 e. The highest BCUT2D eigenvalue weighted by molar-refractivity contribution is 5.85. The minimum absolute atomic E-state index is 0. The van der Waals surface area contributed by atoms with Crippen molar-refractivity contribution in [1.82, 2.24) is 4.98 Å². The maximum absolute atomic E-state index is 10.8. The van der Waals surface area contributed by atoms with Crippen LogP contribution in [0.15, 0.2) is 18.3 Å². The van der Waals surface area contributed by atoms with Crippen molar-refractivity contribution >= 4 is 36.9 Å². The number of amides is 1. The fourth-order valence-electron chi connectivity index (χ4n) is 1.83. The van der Waals surface area contributed by atoms with E-state index in [4.69, 9.17) is 0 Å². The highest BCUT2D eigenvalue weighted by Crippen LogP contribution is 2.37. The number of rotatable bonds is 1. The van der Waals surface area contributed by atoms with Gasteiger partial charge in [0.2, 0.25) is 6.41 Å². The van der Waals surface area contributed by atoms with Crippen molar-refractivity contribution in [3.05, 3.63) is 24.0 Å². The Labute approximate surface area is 102 Å². The first-order valence-electron chi connectivity index (χ1n) is 4.32. The Bertz CT molecular complexity index is 355. The van der Waals surface area contributed by atoms with Crippen molar-refractivity contribution in [2.45, 2.75) is 19.3 Å². The van der Waals surface area contributed by atoms with Crippen LogP contribution in [0.25, 0.3) is 0 Å². The standard InChI is InChI=1S/C10H12N2O.2ClH/c1-10(2)6-12(7-13)8-4-3-5-11-9(8)10;;/h3-5,7H,6H2,1-2H3;2*1H. The molecule has 0 unspecified atom stereocenters. The van der Waals surface area contributed by atoms with Crippen LogP contribution in [0.1, 0.15) is 19.5 Å². The second kappa shape index (κ2) is 4.81. The summed E-state index contributed by atoms with van der Waals surface area (Å²) in [5.74, 6) is 0. The van der Waals surface area contributed by atoms with Crippen LogP contribution in [0.2, 0.25) is 0 Å². The first-order valence-corrected chi connectivity index (χ1v) is 4.32. The molecule has 1 aromatic heterocycles. The van der Waals surface area contributed by atoms with Gasteiger partial charge in [-0.2, -0.15) is 0 Å². The zero-order valence-corrected chi connectivity index (χ0v) is 10.3. The van der Waals surface area contributed by atoms with E-state index in [-0.39, 0.29) is 30.2 Å². The Morgan fingerprint density at radius 1 is 1.47 bits per heavy atom. The summed E-state index contributed by atoms with van der Waals surface area (Å²) in [6, 6.07) is 3.79. The molecule has 0 aromatic carbocycles. The fourth-order valence-corrected chi connectivity index (χ4v) is 1.83. The van der Waals surface area contributed by atoms with E-state index < -0.39 is 0 Å². The van der Waals surface area contributed by atoms with Crippen LogP contribution < -0.4 is 4.90 Å². The largest absolute Gasteiger partial charge is 0.312 e. The third kappa shape index (κ3) is 2.24. The van der Waals surface area contributed by atoms with Gasteiger partial charge < -0.3 is 4.90 Å². The van der Waals surface area contributed by atoms with Gasteiger partial charge in [-0.25, -0.2) is 0 Å². The quantitative estimate of drug-likeness (QED) is 0.715. The summed E-state index contributed by atoms with van der Waals surface area (Å²) in [5, 5.41) is 0. The molecular formula is C10H14Cl2N2O. The zero-order chi connectivity index (χ0) is 9.47. The first kappa shape index (κ1) is 14.2. The van der Waals surface area contributed by atoms with Gasteiger partial charge in [-0.05, 0) is 12.1 Å². The molecule has 0 fully saturated rings. The van der Waals surface area contributed by atoms with Gasteiger partial charge in [0.25, 0.3) is 0 Å². The van der Waals surface area contributed by atoms with E-state index in [1.807, 2.05) is 12.1 Å². The molecule has 5 heteroatoms. The number of carbonyl (C=O) groups excluding carboxylic acids is 1. The van der Waals surface area contributed by atoms with Gasteiger partial charge in [0.1, 0.15) is 0 Å². The van der Waals surface area contributed by atoms with Crippen LogP contribution in [0.5, 0.6) is 0 Å². The predicted molar refractivity (Wildman–Crippen MR) is 65.2 cm³/mol. The lowest BCUT2D eigenvalue weighted by atomic mass is 9.91. The molecule has 84 valence electrons. The lowest BCUT2D eigenvalue weighted by Gasteiger charge is -2.16. The van der Waals surface area contributed by atoms with Gasteiger partial charge in [0.05, 0.1) is 11.4 Å². The van der Waals surface area contributed by atoms with E-state index in [0.29, 0.717) is 0 Å². The molecule has 0 bridgehead atoms. The van der Waals surface area contributed by atoms with Crippen molar-refractivity contribution in [1.29, 1.82) is 0 Å². The number of pyridine rings is 1. The van der Waals surface area contributed by atoms with Crippen LogP contribution in [0, 0.1) is 0 Å². The lowest BCUT2D eigenvalue weighted by molar-refractivity contribution is -0.107. The summed E-state index contributed by atoms with van der Waals surface area (Å²) in [6.45, 7) is 4.92. The second-order valence-electron chi connectivity index (χ2n) is 3.99. The van der Waals surface area contributed by atoms with Crippen LogP contribution in [-0.2, 0) is 10.2 Å². The Morgan fingerprint density at radius 2 is 2.13 bits per heavy atom. The molecule has 0 saturated heterocycles. The minimum atomic E-state index is -0.0164. The molecule has 0 atom stereocenters. The SMILES string of the molecule is CC1(C)CN(C=O)c2cccnc21.Cl.Cl. The molecule has 0 N–H and O–H groups in total. The number of carbonyl (C=O) groups is 1. The summed E-state index contributed by atoms with van der Waals surface area (Å²) < 4.78 is 0. The molecule has 2 rings (SSSR count). The van der Waals surface area contributed by atoms with Crippen molar-refractivity contribution in [2.24, 2.45) is 0 Å². The van der Waals surface area contributed by atoms with Crippen LogP contribution in [-0.4, -0.2) is 17.9 Å². The van der Waals surface area contributed by atoms with E-state index in [9.17, 15) is 4.79 Å². The second-order valence-corrected chi connectivity index (χ2v) is 3.99. The topological polar surface area (TPSA) is 33.2 Å². The Kier molecular flexibility index (Phi) is 4.56. The number of fused-ring (bicyclic) bond motifs is 1. The Hall–Kier alpha value is -0.800. The molecule has 1 aromatic rings. The molecule has 1 aliphatic rings. The zero-order valence-electron chi connectivity index (χ0n) is 8.64. The number of nitrogens with zero attached hydrogens (tertiary/aromatic N) is 2. The van der Waals surface area contributed by atoms with Crippen molar-refractivity contribution in [3.8, 4) is 0 Å². The van der Waals surface area contributed by atoms with Crippen LogP contribution in [0.3, 0.4) is 0 Å². The fraction of sp³-hybridized carbons (Fsp3) is 0.400. The van der Waals surface area contributed by atoms with E-state index in [1.165, 1.54) is 0 Å². The van der Waals surface area contributed by atoms with E-state index >= 15 is 0 Å². The first-order chi connectivity index (χ1) is 6.15. The highest BCUT2D eigenvalue weighted by Gasteiger charge is 2.35. The number of aromatic nitrogens is 1. The molecular weight excluding hydrogens is 235 g/mol. The van der Waals surface area contributed by atoms with Gasteiger partial charge >= 0.3 is 0 Å². The number of hydrogen-bond donors (Lipinski definition) is 0. The summed E-state index contributed by atoms with van der Waals surface area (Å²) in [4.78, 5) is 16.8. The highest BCUT2D eigenvalue weighted by atomic mass is 35.5. The molecule has 0 aliphatic carbocycles. The molecule has 0 spiro atoms. The van der Waals surface area contributed by atoms with E-state index in [0.717, 1.165) is 24.3 Å². The van der Waals surface area contributed by atoms with Gasteiger partial charge in [-0.15, -0.1) is 24.8 Å². The Morgan fingerprint density at radius 3 is 2.73 bits per heavy atom. The molecule has 15 heavy (non-hydrogen) atoms. The summed E-state index contributed by atoms with van der Waals surface area (Å²) >= 11 is 0. The number of halogens is 2. The smallest absolute Gasteiger partial charge is 0.214 e. The average molecular weight is 249 g/mol. The van der Waals surface area contributed by atoms with Crippen LogP contribution in [0.4, 0.5) is 5.69 Å². The molecule has 0 saturated carbocycles. The molecule has 0 radical (unpaired) electrons. The maximum atomic E-state index is 10.8.